The molecule has 1 heterocycles. The number of hydrogen-bond donors (Lipinski definition) is 2. The third kappa shape index (κ3) is 1.14. The van der Waals surface area contributed by atoms with E-state index < -0.39 is 0 Å². The Hall–Kier alpha value is -0.0800. The van der Waals surface area contributed by atoms with Crippen LogP contribution in [0.5, 0.6) is 0 Å². The molecule has 0 saturated carbocycles. The van der Waals surface area contributed by atoms with Crippen LogP contribution in [0.4, 0.5) is 0 Å². The van der Waals surface area contributed by atoms with Crippen LogP contribution in [0.15, 0.2) is 0 Å². The third-order valence-electron chi connectivity index (χ3n) is 1.27. The Kier molecular flexibility index (Phi) is 1.65. The van der Waals surface area contributed by atoms with Crippen molar-refractivity contribution in [3.05, 3.63) is 6.92 Å². The van der Waals surface area contributed by atoms with E-state index in [2.05, 4.69) is 17.8 Å². The molecule has 0 aromatic heterocycles. The molecular formula is C5H11N2. The van der Waals surface area contributed by atoms with Gasteiger partial charge in [0.2, 0.25) is 0 Å². The fraction of sp³-hybridized carbons (Fsp3) is 0.800. The van der Waals surface area contributed by atoms with Gasteiger partial charge in [-0.15, -0.1) is 0 Å². The molecule has 1 unspecified atom stereocenters. The lowest BCUT2D eigenvalue weighted by Gasteiger charge is -2.01. The van der Waals surface area contributed by atoms with Crippen LogP contribution in [0.1, 0.15) is 12.8 Å². The minimum absolute atomic E-state index is 0.625. The molecule has 1 atom stereocenters. The highest BCUT2D eigenvalue weighted by atomic mass is 15.4. The molecule has 1 fully saturated rings. The average molecular weight is 99.2 g/mol. The van der Waals surface area contributed by atoms with Gasteiger partial charge >= 0.3 is 0 Å². The summed E-state index contributed by atoms with van der Waals surface area (Å²) < 4.78 is 0. The second-order valence-electron chi connectivity index (χ2n) is 1.85. The molecule has 1 rings (SSSR count). The van der Waals surface area contributed by atoms with Crippen molar-refractivity contribution >= 4 is 0 Å². The first-order chi connectivity index (χ1) is 3.43. The molecule has 1 aliphatic rings. The van der Waals surface area contributed by atoms with Crippen molar-refractivity contribution in [3.63, 3.8) is 0 Å². The summed E-state index contributed by atoms with van der Waals surface area (Å²) in [5.41, 5.74) is 6.13. The number of hydrogen-bond acceptors (Lipinski definition) is 2. The van der Waals surface area contributed by atoms with Gasteiger partial charge in [0, 0.05) is 12.6 Å². The highest BCUT2D eigenvalue weighted by Crippen LogP contribution is 1.97. The minimum Gasteiger partial charge on any atom is -0.258 e. The van der Waals surface area contributed by atoms with Crippen LogP contribution in [0.25, 0.3) is 0 Å². The highest BCUT2D eigenvalue weighted by Gasteiger charge is 2.09. The van der Waals surface area contributed by atoms with Crippen molar-refractivity contribution in [2.45, 2.75) is 18.9 Å². The van der Waals surface area contributed by atoms with Crippen molar-refractivity contribution in [2.24, 2.45) is 0 Å². The third-order valence-corrected chi connectivity index (χ3v) is 1.27. The van der Waals surface area contributed by atoms with Gasteiger partial charge in [0.25, 0.3) is 0 Å². The lowest BCUT2D eigenvalue weighted by molar-refractivity contribution is 0.559. The number of rotatable bonds is 1. The first-order valence-electron chi connectivity index (χ1n) is 2.71. The summed E-state index contributed by atoms with van der Waals surface area (Å²) in [6.07, 6.45) is 2.22. The predicted molar refractivity (Wildman–Crippen MR) is 29.5 cm³/mol. The molecule has 41 valence electrons. The lowest BCUT2D eigenvalue weighted by Crippen LogP contribution is -2.29. The fourth-order valence-corrected chi connectivity index (χ4v) is 0.752. The van der Waals surface area contributed by atoms with Crippen LogP contribution >= 0.6 is 0 Å². The summed E-state index contributed by atoms with van der Waals surface area (Å²) in [5.74, 6) is 0. The average Bonchev–Trinajstić information content (AvgIpc) is 2.14. The van der Waals surface area contributed by atoms with E-state index in [0.717, 1.165) is 13.0 Å². The van der Waals surface area contributed by atoms with Crippen molar-refractivity contribution in [1.82, 2.24) is 10.9 Å². The molecule has 2 heteroatoms. The zero-order chi connectivity index (χ0) is 5.11. The first kappa shape index (κ1) is 5.06. The molecule has 0 aromatic carbocycles. The van der Waals surface area contributed by atoms with E-state index in [1.165, 1.54) is 6.42 Å². The van der Waals surface area contributed by atoms with Crippen LogP contribution in [0.2, 0.25) is 0 Å². The zero-order valence-electron chi connectivity index (χ0n) is 4.41. The van der Waals surface area contributed by atoms with E-state index in [1.54, 1.807) is 0 Å². The summed E-state index contributed by atoms with van der Waals surface area (Å²) in [6, 6.07) is 0.625. The van der Waals surface area contributed by atoms with Gasteiger partial charge in [-0.05, 0) is 12.8 Å². The fourth-order valence-electron chi connectivity index (χ4n) is 0.752. The Labute approximate surface area is 44.3 Å². The molecule has 2 nitrogen and oxygen atoms in total. The van der Waals surface area contributed by atoms with Crippen molar-refractivity contribution in [3.8, 4) is 0 Å². The van der Waals surface area contributed by atoms with Gasteiger partial charge in [-0.2, -0.15) is 0 Å². The Balaban J connectivity index is 2.14. The molecule has 1 radical (unpaired) electrons. The van der Waals surface area contributed by atoms with E-state index >= 15 is 0 Å². The molecule has 7 heavy (non-hydrogen) atoms. The van der Waals surface area contributed by atoms with Crippen molar-refractivity contribution in [2.75, 3.05) is 6.54 Å². The smallest absolute Gasteiger partial charge is 0.0225 e. The normalized spacial score (nSPS) is 31.3. The molecule has 0 spiro atoms. The van der Waals surface area contributed by atoms with E-state index in [1.807, 2.05) is 0 Å². The minimum atomic E-state index is 0.625. The SMILES string of the molecule is [CH2]CC1CCNN1. The zero-order valence-corrected chi connectivity index (χ0v) is 4.41. The van der Waals surface area contributed by atoms with Gasteiger partial charge in [-0.25, -0.2) is 0 Å². The number of nitrogens with one attached hydrogen (secondary N) is 2. The highest BCUT2D eigenvalue weighted by molar-refractivity contribution is 4.71. The van der Waals surface area contributed by atoms with Gasteiger partial charge < -0.3 is 0 Å². The van der Waals surface area contributed by atoms with Gasteiger partial charge in [0.05, 0.1) is 0 Å². The van der Waals surface area contributed by atoms with Crippen LogP contribution in [0, 0.1) is 6.92 Å². The molecular weight excluding hydrogens is 88.1 g/mol. The van der Waals surface area contributed by atoms with E-state index in [-0.39, 0.29) is 0 Å². The van der Waals surface area contributed by atoms with Gasteiger partial charge in [-0.3, -0.25) is 10.9 Å². The van der Waals surface area contributed by atoms with E-state index in [4.69, 9.17) is 0 Å². The Bertz CT molecular complexity index is 48.0. The van der Waals surface area contributed by atoms with Crippen molar-refractivity contribution in [1.29, 1.82) is 0 Å². The summed E-state index contributed by atoms with van der Waals surface area (Å²) in [4.78, 5) is 0. The second kappa shape index (κ2) is 2.28. The monoisotopic (exact) mass is 99.1 g/mol. The second-order valence-corrected chi connectivity index (χ2v) is 1.85. The van der Waals surface area contributed by atoms with Gasteiger partial charge in [0.1, 0.15) is 0 Å². The van der Waals surface area contributed by atoms with Gasteiger partial charge in [-0.1, -0.05) is 6.92 Å². The first-order valence-corrected chi connectivity index (χ1v) is 2.71. The summed E-state index contributed by atoms with van der Waals surface area (Å²) >= 11 is 0. The van der Waals surface area contributed by atoms with Crippen LogP contribution < -0.4 is 10.9 Å². The molecule has 0 aliphatic carbocycles. The Morgan fingerprint density at radius 1 is 1.71 bits per heavy atom. The predicted octanol–water partition coefficient (Wildman–Crippen LogP) is 0.0771. The summed E-state index contributed by atoms with van der Waals surface area (Å²) in [7, 11) is 0. The molecule has 1 aliphatic heterocycles. The Morgan fingerprint density at radius 3 is 2.86 bits per heavy atom. The van der Waals surface area contributed by atoms with Crippen molar-refractivity contribution < 1.29 is 0 Å². The largest absolute Gasteiger partial charge is 0.258 e. The summed E-state index contributed by atoms with van der Waals surface area (Å²) in [6.45, 7) is 4.86. The summed E-state index contributed by atoms with van der Waals surface area (Å²) in [5, 5.41) is 0. The quantitative estimate of drug-likeness (QED) is 0.486. The van der Waals surface area contributed by atoms with Crippen LogP contribution in [-0.2, 0) is 0 Å². The maximum absolute atomic E-state index is 3.77. The maximum Gasteiger partial charge on any atom is 0.0225 e. The standard InChI is InChI=1S/C5H11N2/c1-2-5-3-4-6-7-5/h5-7H,1-4H2. The maximum atomic E-state index is 3.77. The van der Waals surface area contributed by atoms with E-state index in [9.17, 15) is 0 Å². The topological polar surface area (TPSA) is 24.1 Å². The molecule has 1 saturated heterocycles. The van der Waals surface area contributed by atoms with Gasteiger partial charge in [0.15, 0.2) is 0 Å². The van der Waals surface area contributed by atoms with E-state index in [0.29, 0.717) is 6.04 Å². The molecule has 0 bridgehead atoms. The Morgan fingerprint density at radius 2 is 2.57 bits per heavy atom. The van der Waals surface area contributed by atoms with Crippen LogP contribution in [0.3, 0.4) is 0 Å². The van der Waals surface area contributed by atoms with Crippen LogP contribution in [-0.4, -0.2) is 12.6 Å². The number of hydrazine groups is 1. The molecule has 0 amide bonds. The lowest BCUT2D eigenvalue weighted by atomic mass is 10.2. The molecule has 2 N–H and O–H groups in total. The molecule has 0 aromatic rings.